The average Bonchev–Trinajstić information content (AvgIpc) is 3.31. The molecular weight excluding hydrogens is 482 g/mol. The molecule has 11 nitrogen and oxygen atoms in total. The summed E-state index contributed by atoms with van der Waals surface area (Å²) in [5.41, 5.74) is 3.65. The highest BCUT2D eigenvalue weighted by atomic mass is 16.5. The van der Waals surface area contributed by atoms with E-state index >= 15 is 0 Å². The molecule has 3 fully saturated rings. The highest BCUT2D eigenvalue weighted by molar-refractivity contribution is 5.89. The summed E-state index contributed by atoms with van der Waals surface area (Å²) in [4.78, 5) is 30.7. The van der Waals surface area contributed by atoms with Crippen molar-refractivity contribution in [3.05, 3.63) is 48.5 Å². The van der Waals surface area contributed by atoms with Crippen LogP contribution in [0.1, 0.15) is 12.8 Å². The Morgan fingerprint density at radius 3 is 2.26 bits per heavy atom. The third kappa shape index (κ3) is 5.48. The van der Waals surface area contributed by atoms with Crippen LogP contribution < -0.4 is 31.1 Å². The van der Waals surface area contributed by atoms with Crippen molar-refractivity contribution < 1.29 is 9.53 Å². The van der Waals surface area contributed by atoms with E-state index in [1.54, 1.807) is 7.05 Å². The molecule has 0 spiro atoms. The molecule has 4 heterocycles. The first-order valence-electron chi connectivity index (χ1n) is 13.2. The summed E-state index contributed by atoms with van der Waals surface area (Å²) in [5.74, 6) is 1.70. The second-order valence-corrected chi connectivity index (χ2v) is 9.84. The third-order valence-corrected chi connectivity index (χ3v) is 7.18. The number of urea groups is 1. The maximum Gasteiger partial charge on any atom is 0.318 e. The number of carbonyl (C=O) groups excluding carboxylic acids is 1. The van der Waals surface area contributed by atoms with Gasteiger partial charge in [0.25, 0.3) is 0 Å². The number of amides is 2. The third-order valence-electron chi connectivity index (χ3n) is 7.18. The summed E-state index contributed by atoms with van der Waals surface area (Å²) in [6.07, 6.45) is 2.59. The van der Waals surface area contributed by atoms with Crippen LogP contribution in [0.4, 0.5) is 33.8 Å². The minimum atomic E-state index is -0.267. The molecule has 2 bridgehead atoms. The summed E-state index contributed by atoms with van der Waals surface area (Å²) in [6.45, 7) is 5.56. The molecule has 3 aliphatic rings. The number of nitrogens with zero attached hydrogens (tertiary/aromatic N) is 5. The molecule has 0 aliphatic carbocycles. The predicted octanol–water partition coefficient (Wildman–Crippen LogP) is 2.81. The van der Waals surface area contributed by atoms with Crippen molar-refractivity contribution in [3.8, 4) is 11.4 Å². The van der Waals surface area contributed by atoms with E-state index in [9.17, 15) is 4.79 Å². The number of piperazine rings is 1. The van der Waals surface area contributed by atoms with Gasteiger partial charge in [0.2, 0.25) is 11.9 Å². The number of fused-ring (bicyclic) bond motifs is 2. The van der Waals surface area contributed by atoms with Gasteiger partial charge < -0.3 is 35.8 Å². The Hall–Kier alpha value is -3.96. The lowest BCUT2D eigenvalue weighted by Gasteiger charge is -2.32. The maximum absolute atomic E-state index is 11.7. The number of ether oxygens (including phenoxy) is 1. The highest BCUT2D eigenvalue weighted by Gasteiger charge is 2.35. The number of hydrogen-bond acceptors (Lipinski definition) is 9. The summed E-state index contributed by atoms with van der Waals surface area (Å²) in [7, 11) is 1.58. The van der Waals surface area contributed by atoms with E-state index in [-0.39, 0.29) is 18.2 Å². The lowest BCUT2D eigenvalue weighted by atomic mass is 10.2. The molecule has 4 N–H and O–H groups in total. The molecule has 2 amide bonds. The lowest BCUT2D eigenvalue weighted by molar-refractivity contribution is 0.0299. The monoisotopic (exact) mass is 515 g/mol. The SMILES string of the molecule is CNC(=O)Nc1ccc(-c2nc(Nc3ccc(N4CCNCC4)cc3)nc(N3CC4CCC(C3)O4)n2)cc1. The molecule has 2 unspecified atom stereocenters. The number of nitrogens with one attached hydrogen (secondary N) is 4. The van der Waals surface area contributed by atoms with Crippen molar-refractivity contribution in [2.45, 2.75) is 25.0 Å². The molecule has 38 heavy (non-hydrogen) atoms. The molecule has 198 valence electrons. The van der Waals surface area contributed by atoms with Crippen LogP contribution in [-0.4, -0.2) is 79.5 Å². The van der Waals surface area contributed by atoms with Crippen molar-refractivity contribution >= 4 is 35.0 Å². The van der Waals surface area contributed by atoms with Gasteiger partial charge in [-0.05, 0) is 61.4 Å². The van der Waals surface area contributed by atoms with Crippen molar-refractivity contribution in [2.75, 3.05) is 66.7 Å². The highest BCUT2D eigenvalue weighted by Crippen LogP contribution is 2.30. The van der Waals surface area contributed by atoms with E-state index in [1.165, 1.54) is 5.69 Å². The molecule has 0 radical (unpaired) electrons. The first kappa shape index (κ1) is 24.4. The quantitative estimate of drug-likeness (QED) is 0.393. The topological polar surface area (TPSA) is 120 Å². The smallest absolute Gasteiger partial charge is 0.318 e. The van der Waals surface area contributed by atoms with Crippen molar-refractivity contribution in [1.82, 2.24) is 25.6 Å². The number of anilines is 5. The van der Waals surface area contributed by atoms with Crippen LogP contribution in [0.5, 0.6) is 0 Å². The minimum Gasteiger partial charge on any atom is -0.371 e. The van der Waals surface area contributed by atoms with Gasteiger partial charge in [-0.2, -0.15) is 15.0 Å². The van der Waals surface area contributed by atoms with E-state index < -0.39 is 0 Å². The number of benzene rings is 2. The summed E-state index contributed by atoms with van der Waals surface area (Å²) < 4.78 is 6.03. The second kappa shape index (κ2) is 10.8. The summed E-state index contributed by atoms with van der Waals surface area (Å²) in [5, 5.41) is 12.1. The van der Waals surface area contributed by atoms with Crippen LogP contribution in [0.15, 0.2) is 48.5 Å². The van der Waals surface area contributed by atoms with Crippen LogP contribution in [0.2, 0.25) is 0 Å². The van der Waals surface area contributed by atoms with Crippen LogP contribution in [0.3, 0.4) is 0 Å². The normalized spacial score (nSPS) is 20.8. The van der Waals surface area contributed by atoms with Gasteiger partial charge in [0.15, 0.2) is 5.82 Å². The van der Waals surface area contributed by atoms with Gasteiger partial charge in [-0.3, -0.25) is 0 Å². The largest absolute Gasteiger partial charge is 0.371 e. The molecule has 2 aromatic carbocycles. The van der Waals surface area contributed by atoms with Crippen LogP contribution >= 0.6 is 0 Å². The van der Waals surface area contributed by atoms with Gasteiger partial charge in [0.05, 0.1) is 12.2 Å². The molecule has 2 atom stereocenters. The Morgan fingerprint density at radius 2 is 1.58 bits per heavy atom. The zero-order valence-corrected chi connectivity index (χ0v) is 21.5. The maximum atomic E-state index is 11.7. The summed E-state index contributed by atoms with van der Waals surface area (Å²) in [6, 6.07) is 15.6. The van der Waals surface area contributed by atoms with Crippen LogP contribution in [0.25, 0.3) is 11.4 Å². The van der Waals surface area contributed by atoms with Gasteiger partial charge in [-0.15, -0.1) is 0 Å². The Balaban J connectivity index is 1.27. The number of rotatable bonds is 6. The fourth-order valence-corrected chi connectivity index (χ4v) is 5.17. The molecular formula is C27H33N9O2. The zero-order chi connectivity index (χ0) is 25.9. The van der Waals surface area contributed by atoms with Crippen molar-refractivity contribution in [2.24, 2.45) is 0 Å². The predicted molar refractivity (Wildman–Crippen MR) is 148 cm³/mol. The fraction of sp³-hybridized carbons (Fsp3) is 0.407. The number of carbonyl (C=O) groups is 1. The molecule has 1 aromatic heterocycles. The minimum absolute atomic E-state index is 0.220. The Bertz CT molecular complexity index is 1250. The lowest BCUT2D eigenvalue weighted by Crippen LogP contribution is -2.43. The molecule has 11 heteroatoms. The average molecular weight is 516 g/mol. The van der Waals surface area contributed by atoms with Gasteiger partial charge >= 0.3 is 6.03 Å². The molecule has 3 saturated heterocycles. The van der Waals surface area contributed by atoms with Crippen LogP contribution in [-0.2, 0) is 4.74 Å². The van der Waals surface area contributed by atoms with Crippen LogP contribution in [0, 0.1) is 0 Å². The van der Waals surface area contributed by atoms with Gasteiger partial charge in [0.1, 0.15) is 0 Å². The second-order valence-electron chi connectivity index (χ2n) is 9.84. The number of aromatic nitrogens is 3. The summed E-state index contributed by atoms with van der Waals surface area (Å²) >= 11 is 0. The van der Waals surface area contributed by atoms with E-state index in [4.69, 9.17) is 19.7 Å². The Morgan fingerprint density at radius 1 is 0.895 bits per heavy atom. The van der Waals surface area contributed by atoms with Gasteiger partial charge in [-0.1, -0.05) is 0 Å². The van der Waals surface area contributed by atoms with Gasteiger partial charge in [-0.25, -0.2) is 4.79 Å². The molecule has 6 rings (SSSR count). The van der Waals surface area contributed by atoms with E-state index in [0.29, 0.717) is 23.4 Å². The standard InChI is InChI=1S/C27H33N9O2/c1-28-27(37)31-20-4-2-18(3-5-20)24-32-25(34-26(33-24)36-16-22-10-11-23(17-36)38-22)30-19-6-8-21(9-7-19)35-14-12-29-13-15-35/h2-9,22-23,29H,10-17H2,1H3,(H2,28,31,37)(H,30,32,33,34). The van der Waals surface area contributed by atoms with Crippen molar-refractivity contribution in [1.29, 1.82) is 0 Å². The van der Waals surface area contributed by atoms with Crippen molar-refractivity contribution in [3.63, 3.8) is 0 Å². The Kier molecular flexibility index (Phi) is 6.93. The number of morpholine rings is 1. The molecule has 3 aliphatic heterocycles. The fourth-order valence-electron chi connectivity index (χ4n) is 5.17. The number of hydrogen-bond donors (Lipinski definition) is 4. The first-order chi connectivity index (χ1) is 18.6. The van der Waals surface area contributed by atoms with E-state index in [1.807, 2.05) is 24.3 Å². The van der Waals surface area contributed by atoms with E-state index in [0.717, 1.165) is 63.4 Å². The Labute approximate surface area is 222 Å². The molecule has 3 aromatic rings. The molecule has 0 saturated carbocycles. The first-order valence-corrected chi connectivity index (χ1v) is 13.2. The van der Waals surface area contributed by atoms with Gasteiger partial charge in [0, 0.05) is 68.9 Å². The van der Waals surface area contributed by atoms with E-state index in [2.05, 4.69) is 55.3 Å². The zero-order valence-electron chi connectivity index (χ0n) is 21.5.